The smallest absolute Gasteiger partial charge is 0.267 e. The molecule has 3 aromatic rings. The van der Waals surface area contributed by atoms with Crippen LogP contribution in [0.15, 0.2) is 35.1 Å². The van der Waals surface area contributed by atoms with Crippen molar-refractivity contribution in [2.24, 2.45) is 5.92 Å². The molecule has 0 saturated heterocycles. The first kappa shape index (κ1) is 14.8. The largest absolute Gasteiger partial charge is 0.323 e. The van der Waals surface area contributed by atoms with Crippen molar-refractivity contribution in [1.29, 1.82) is 0 Å². The summed E-state index contributed by atoms with van der Waals surface area (Å²) in [5.41, 5.74) is 2.08. The average molecular weight is 342 g/mol. The Morgan fingerprint density at radius 1 is 1.35 bits per heavy atom. The number of aromatic amines is 1. The summed E-state index contributed by atoms with van der Waals surface area (Å²) in [4.78, 5) is 18.7. The predicted octanol–water partition coefficient (Wildman–Crippen LogP) is 4.62. The molecule has 118 valence electrons. The molecule has 2 heterocycles. The van der Waals surface area contributed by atoms with Gasteiger partial charge in [0.05, 0.1) is 11.1 Å². The third kappa shape index (κ3) is 2.39. The van der Waals surface area contributed by atoms with Crippen LogP contribution in [0.5, 0.6) is 0 Å². The summed E-state index contributed by atoms with van der Waals surface area (Å²) in [5.74, 6) is 0.745. The van der Waals surface area contributed by atoms with Crippen molar-refractivity contribution in [3.63, 3.8) is 0 Å². The van der Waals surface area contributed by atoms with Gasteiger partial charge in [-0.3, -0.25) is 9.36 Å². The highest BCUT2D eigenvalue weighted by Crippen LogP contribution is 2.36. The number of fused-ring (bicyclic) bond motifs is 3. The van der Waals surface area contributed by atoms with Crippen molar-refractivity contribution in [3.8, 4) is 5.69 Å². The molecule has 0 amide bonds. The van der Waals surface area contributed by atoms with Crippen molar-refractivity contribution in [1.82, 2.24) is 9.55 Å². The molecule has 1 N–H and O–H groups in total. The van der Waals surface area contributed by atoms with E-state index in [0.29, 0.717) is 4.77 Å². The minimum atomic E-state index is 0.0161. The van der Waals surface area contributed by atoms with Gasteiger partial charge in [-0.1, -0.05) is 31.5 Å². The number of aromatic nitrogens is 2. The molecule has 1 atom stereocenters. The molecule has 1 aliphatic rings. The van der Waals surface area contributed by atoms with Gasteiger partial charge in [-0.05, 0) is 55.1 Å². The Morgan fingerprint density at radius 3 is 2.87 bits per heavy atom. The number of rotatable bonds is 2. The molecular weight excluding hydrogens is 324 g/mol. The van der Waals surface area contributed by atoms with Crippen LogP contribution in [0.1, 0.15) is 30.2 Å². The van der Waals surface area contributed by atoms with E-state index >= 15 is 0 Å². The van der Waals surface area contributed by atoms with Crippen LogP contribution < -0.4 is 5.56 Å². The minimum absolute atomic E-state index is 0.0161. The number of benzene rings is 1. The Kier molecular flexibility index (Phi) is 3.70. The predicted molar refractivity (Wildman–Crippen MR) is 98.4 cm³/mol. The maximum atomic E-state index is 13.1. The van der Waals surface area contributed by atoms with Gasteiger partial charge in [-0.2, -0.15) is 0 Å². The van der Waals surface area contributed by atoms with Crippen LogP contribution in [0.4, 0.5) is 0 Å². The molecule has 0 unspecified atom stereocenters. The monoisotopic (exact) mass is 342 g/mol. The van der Waals surface area contributed by atoms with Crippen LogP contribution in [-0.2, 0) is 12.8 Å². The van der Waals surface area contributed by atoms with Crippen LogP contribution in [0.25, 0.3) is 15.9 Å². The van der Waals surface area contributed by atoms with E-state index in [1.165, 1.54) is 23.3 Å². The van der Waals surface area contributed by atoms with Gasteiger partial charge in [-0.25, -0.2) is 0 Å². The summed E-state index contributed by atoms with van der Waals surface area (Å²) in [6.07, 6.45) is 4.48. The van der Waals surface area contributed by atoms with Crippen LogP contribution in [-0.4, -0.2) is 9.55 Å². The summed E-state index contributed by atoms with van der Waals surface area (Å²) in [5, 5.41) is 0.844. The third-order valence-corrected chi connectivity index (χ3v) is 6.25. The molecule has 1 aliphatic carbocycles. The lowest BCUT2D eigenvalue weighted by Crippen LogP contribution is -2.21. The first-order valence-corrected chi connectivity index (χ1v) is 9.26. The zero-order valence-electron chi connectivity index (χ0n) is 13.0. The van der Waals surface area contributed by atoms with Crippen molar-refractivity contribution in [2.75, 3.05) is 0 Å². The molecule has 5 heteroatoms. The Hall–Kier alpha value is -1.72. The van der Waals surface area contributed by atoms with Gasteiger partial charge in [-0.15, -0.1) is 11.3 Å². The van der Waals surface area contributed by atoms with E-state index in [4.69, 9.17) is 12.2 Å². The Bertz CT molecular complexity index is 982. The Labute approximate surface area is 143 Å². The third-order valence-electron chi connectivity index (χ3n) is 4.80. The standard InChI is InChI=1S/C18H18N2OS2/c1-2-11-8-9-13-14(10-11)23-16-15(13)17(21)20(18(22)19-16)12-6-4-3-5-7-12/h3-7,11H,2,8-10H2,1H3,(H,19,22)/t11-/m0/s1. The lowest BCUT2D eigenvalue weighted by Gasteiger charge is -2.20. The molecule has 0 saturated carbocycles. The summed E-state index contributed by atoms with van der Waals surface area (Å²) in [6.45, 7) is 2.25. The van der Waals surface area contributed by atoms with E-state index in [0.717, 1.165) is 34.7 Å². The highest BCUT2D eigenvalue weighted by molar-refractivity contribution is 7.71. The van der Waals surface area contributed by atoms with Gasteiger partial charge >= 0.3 is 0 Å². The number of para-hydroxylation sites is 1. The maximum absolute atomic E-state index is 13.1. The Balaban J connectivity index is 1.99. The number of hydrogen-bond acceptors (Lipinski definition) is 3. The van der Waals surface area contributed by atoms with Crippen LogP contribution >= 0.6 is 23.6 Å². The number of H-pyrrole nitrogens is 1. The molecule has 2 aromatic heterocycles. The van der Waals surface area contributed by atoms with Gasteiger partial charge in [0, 0.05) is 4.88 Å². The highest BCUT2D eigenvalue weighted by Gasteiger charge is 2.24. The van der Waals surface area contributed by atoms with E-state index < -0.39 is 0 Å². The minimum Gasteiger partial charge on any atom is -0.323 e. The van der Waals surface area contributed by atoms with Gasteiger partial charge in [0.2, 0.25) is 0 Å². The van der Waals surface area contributed by atoms with Crippen LogP contribution in [0, 0.1) is 10.7 Å². The van der Waals surface area contributed by atoms with Gasteiger partial charge in [0.25, 0.3) is 5.56 Å². The molecule has 23 heavy (non-hydrogen) atoms. The zero-order chi connectivity index (χ0) is 16.0. The molecule has 0 radical (unpaired) electrons. The first-order valence-electron chi connectivity index (χ1n) is 8.04. The van der Waals surface area contributed by atoms with E-state index in [9.17, 15) is 4.79 Å². The molecule has 0 bridgehead atoms. The zero-order valence-corrected chi connectivity index (χ0v) is 14.6. The fourth-order valence-corrected chi connectivity index (χ4v) is 5.19. The molecule has 3 nitrogen and oxygen atoms in total. The maximum Gasteiger partial charge on any atom is 0.267 e. The second-order valence-electron chi connectivity index (χ2n) is 6.13. The first-order chi connectivity index (χ1) is 11.2. The fourth-order valence-electron chi connectivity index (χ4n) is 3.49. The number of nitrogens with one attached hydrogen (secondary N) is 1. The number of nitrogens with zero attached hydrogens (tertiary/aromatic N) is 1. The molecule has 0 fully saturated rings. The summed E-state index contributed by atoms with van der Waals surface area (Å²) in [7, 11) is 0. The van der Waals surface area contributed by atoms with Crippen LogP contribution in [0.3, 0.4) is 0 Å². The van der Waals surface area contributed by atoms with Crippen molar-refractivity contribution < 1.29 is 0 Å². The van der Waals surface area contributed by atoms with E-state index in [1.54, 1.807) is 15.9 Å². The quantitative estimate of drug-likeness (QED) is 0.690. The number of aryl methyl sites for hydroxylation is 1. The van der Waals surface area contributed by atoms with E-state index in [2.05, 4.69) is 11.9 Å². The van der Waals surface area contributed by atoms with Crippen molar-refractivity contribution >= 4 is 33.8 Å². The number of thiophene rings is 1. The number of hydrogen-bond donors (Lipinski definition) is 1. The second kappa shape index (κ2) is 5.73. The summed E-state index contributed by atoms with van der Waals surface area (Å²) >= 11 is 7.17. The van der Waals surface area contributed by atoms with Crippen molar-refractivity contribution in [2.45, 2.75) is 32.6 Å². The molecule has 4 rings (SSSR count). The van der Waals surface area contributed by atoms with Crippen LogP contribution in [0.2, 0.25) is 0 Å². The van der Waals surface area contributed by atoms with Gasteiger partial charge in [0.15, 0.2) is 4.77 Å². The highest BCUT2D eigenvalue weighted by atomic mass is 32.1. The molecular formula is C18H18N2OS2. The summed E-state index contributed by atoms with van der Waals surface area (Å²) < 4.78 is 2.09. The van der Waals surface area contributed by atoms with Gasteiger partial charge in [0.1, 0.15) is 4.83 Å². The average Bonchev–Trinajstić information content (AvgIpc) is 2.92. The van der Waals surface area contributed by atoms with Crippen molar-refractivity contribution in [3.05, 3.63) is 55.9 Å². The topological polar surface area (TPSA) is 37.8 Å². The molecule has 0 aliphatic heterocycles. The second-order valence-corrected chi connectivity index (χ2v) is 7.62. The lowest BCUT2D eigenvalue weighted by molar-refractivity contribution is 0.451. The normalized spacial score (nSPS) is 17.3. The molecule has 1 aromatic carbocycles. The SMILES string of the molecule is CC[C@H]1CCc2c(sc3[nH]c(=S)n(-c4ccccc4)c(=O)c23)C1. The van der Waals surface area contributed by atoms with E-state index in [-0.39, 0.29) is 5.56 Å². The lowest BCUT2D eigenvalue weighted by atomic mass is 9.86. The van der Waals surface area contributed by atoms with E-state index in [1.807, 2.05) is 30.3 Å². The molecule has 0 spiro atoms. The summed E-state index contributed by atoms with van der Waals surface area (Å²) in [6, 6.07) is 9.63. The van der Waals surface area contributed by atoms with Gasteiger partial charge < -0.3 is 4.98 Å². The fraction of sp³-hybridized carbons (Fsp3) is 0.333. The Morgan fingerprint density at radius 2 is 2.13 bits per heavy atom.